The van der Waals surface area contributed by atoms with E-state index in [0.717, 1.165) is 35.1 Å². The number of hydrogen-bond donors (Lipinski definition) is 4. The van der Waals surface area contributed by atoms with E-state index in [9.17, 15) is 36.2 Å². The van der Waals surface area contributed by atoms with Gasteiger partial charge in [-0.1, -0.05) is 60.7 Å². The van der Waals surface area contributed by atoms with Gasteiger partial charge in [0.25, 0.3) is 20.2 Å². The van der Waals surface area contributed by atoms with E-state index in [-0.39, 0.29) is 45.4 Å². The number of aromatic hydroxyl groups is 2. The summed E-state index contributed by atoms with van der Waals surface area (Å²) in [7, 11) is -9.93. The second-order valence-electron chi connectivity index (χ2n) is 10.3. The number of rotatable bonds is 7. The van der Waals surface area contributed by atoms with Gasteiger partial charge in [-0.2, -0.15) is 27.1 Å². The minimum atomic E-state index is -4.96. The molecule has 14 heteroatoms. The number of azo groups is 2. The smallest absolute Gasteiger partial charge is 0.295 e. The first kappa shape index (κ1) is 30.7. The molecule has 0 spiro atoms. The van der Waals surface area contributed by atoms with Gasteiger partial charge in [0.05, 0.1) is 11.4 Å². The fourth-order valence-corrected chi connectivity index (χ4v) is 6.64. The first-order chi connectivity index (χ1) is 21.9. The van der Waals surface area contributed by atoms with Crippen molar-refractivity contribution >= 4 is 59.8 Å². The van der Waals surface area contributed by atoms with Crippen molar-refractivity contribution in [3.8, 4) is 22.6 Å². The van der Waals surface area contributed by atoms with E-state index >= 15 is 0 Å². The average Bonchev–Trinajstić information content (AvgIpc) is 3.03. The first-order valence-electron chi connectivity index (χ1n) is 13.7. The maximum atomic E-state index is 12.5. The Balaban J connectivity index is 1.41. The molecule has 0 aromatic heterocycles. The molecule has 0 amide bonds. The summed E-state index contributed by atoms with van der Waals surface area (Å²) in [5.41, 5.74) is 1.41. The fourth-order valence-electron chi connectivity index (χ4n) is 5.19. The van der Waals surface area contributed by atoms with Crippen LogP contribution in [0.2, 0.25) is 0 Å². The number of nitrogens with zero attached hydrogens (tertiary/aromatic N) is 4. The van der Waals surface area contributed by atoms with Gasteiger partial charge in [-0.25, -0.2) is 0 Å². The molecule has 0 atom stereocenters. The summed E-state index contributed by atoms with van der Waals surface area (Å²) in [4.78, 5) is -1.41. The van der Waals surface area contributed by atoms with Crippen molar-refractivity contribution in [1.29, 1.82) is 0 Å². The summed E-state index contributed by atoms with van der Waals surface area (Å²) in [6, 6.07) is 20.5. The quantitative estimate of drug-likeness (QED) is 0.0992. The van der Waals surface area contributed by atoms with Crippen LogP contribution in [0.5, 0.6) is 11.5 Å². The highest BCUT2D eigenvalue weighted by Crippen LogP contribution is 2.41. The van der Waals surface area contributed by atoms with Gasteiger partial charge in [-0.05, 0) is 65.8 Å². The van der Waals surface area contributed by atoms with Crippen LogP contribution in [0.1, 0.15) is 17.5 Å². The van der Waals surface area contributed by atoms with E-state index in [0.29, 0.717) is 11.8 Å². The van der Waals surface area contributed by atoms with Crippen LogP contribution in [0, 0.1) is 0 Å². The Morgan fingerprint density at radius 1 is 0.609 bits per heavy atom. The van der Waals surface area contributed by atoms with Crippen molar-refractivity contribution in [2.24, 2.45) is 20.5 Å². The van der Waals surface area contributed by atoms with E-state index < -0.39 is 30.0 Å². The summed E-state index contributed by atoms with van der Waals surface area (Å²) in [6.07, 6.45) is 5.24. The van der Waals surface area contributed by atoms with Crippen LogP contribution in [-0.2, 0) is 26.7 Å². The summed E-state index contributed by atoms with van der Waals surface area (Å²) in [5, 5.41) is 38.5. The van der Waals surface area contributed by atoms with Crippen LogP contribution in [-0.4, -0.2) is 36.2 Å². The molecule has 0 saturated carbocycles. The Hall–Kier alpha value is -5.28. The lowest BCUT2D eigenvalue weighted by Crippen LogP contribution is -2.05. The summed E-state index contributed by atoms with van der Waals surface area (Å²) in [5.74, 6) is -0.279. The fraction of sp³-hybridized carbons (Fsp3) is 0.0625. The minimum absolute atomic E-state index is 0.0200. The molecular weight excluding hydrogens is 633 g/mol. The number of phenolic OH excluding ortho intramolecular Hbond substituents is 2. The van der Waals surface area contributed by atoms with Gasteiger partial charge in [-0.15, -0.1) is 10.2 Å². The van der Waals surface area contributed by atoms with Crippen molar-refractivity contribution in [3.05, 3.63) is 102 Å². The predicted octanol–water partition coefficient (Wildman–Crippen LogP) is 8.20. The van der Waals surface area contributed by atoms with Crippen molar-refractivity contribution in [2.75, 3.05) is 0 Å². The second kappa shape index (κ2) is 11.9. The highest BCUT2D eigenvalue weighted by atomic mass is 32.2. The Bertz CT molecular complexity index is 2350. The van der Waals surface area contributed by atoms with Gasteiger partial charge in [0.2, 0.25) is 0 Å². The second-order valence-corrected chi connectivity index (χ2v) is 13.1. The number of hydrogen-bond acceptors (Lipinski definition) is 10. The summed E-state index contributed by atoms with van der Waals surface area (Å²) >= 11 is 0. The summed E-state index contributed by atoms with van der Waals surface area (Å²) in [6.45, 7) is 0. The average molecular weight is 657 g/mol. The topological polar surface area (TPSA) is 199 Å². The molecule has 6 rings (SSSR count). The van der Waals surface area contributed by atoms with Crippen LogP contribution in [0.4, 0.5) is 22.7 Å². The third kappa shape index (κ3) is 6.14. The van der Waals surface area contributed by atoms with Crippen LogP contribution >= 0.6 is 0 Å². The third-order valence-corrected chi connectivity index (χ3v) is 9.13. The van der Waals surface area contributed by atoms with Gasteiger partial charge < -0.3 is 10.2 Å². The van der Waals surface area contributed by atoms with Gasteiger partial charge in [0.1, 0.15) is 32.7 Å². The lowest BCUT2D eigenvalue weighted by Gasteiger charge is -2.14. The largest absolute Gasteiger partial charge is 0.506 e. The molecule has 4 N–H and O–H groups in total. The molecule has 1 aliphatic carbocycles. The molecule has 5 aromatic carbocycles. The standard InChI is InChI=1S/C32H24N4O8S2/c37-27-15-9-19-5-1-3-7-23(19)31(27)35-33-21-11-13-25(29(17-21)45(39,40)41)26-14-12-22(18-30(26)46(42,43)44)34-36-32-24-8-4-2-6-20(24)10-16-28(32)38/h1-3,5-7,9-18,37-38H,4,8H2,(H,39,40,41)(H,42,43,44)/b35-33+,36-34+. The molecule has 0 heterocycles. The minimum Gasteiger partial charge on any atom is -0.506 e. The van der Waals surface area contributed by atoms with Gasteiger partial charge in [0.15, 0.2) is 0 Å². The van der Waals surface area contributed by atoms with Crippen LogP contribution in [0.25, 0.3) is 28.0 Å². The van der Waals surface area contributed by atoms with Gasteiger partial charge in [0, 0.05) is 16.5 Å². The van der Waals surface area contributed by atoms with Gasteiger partial charge in [-0.3, -0.25) is 9.11 Å². The Morgan fingerprint density at radius 3 is 1.80 bits per heavy atom. The molecule has 12 nitrogen and oxygen atoms in total. The molecule has 0 bridgehead atoms. The molecule has 0 fully saturated rings. The maximum absolute atomic E-state index is 12.5. The number of phenols is 2. The molecular formula is C32H24N4O8S2. The number of fused-ring (bicyclic) bond motifs is 2. The van der Waals surface area contributed by atoms with Crippen LogP contribution in [0.3, 0.4) is 0 Å². The predicted molar refractivity (Wildman–Crippen MR) is 171 cm³/mol. The van der Waals surface area contributed by atoms with E-state index in [4.69, 9.17) is 0 Å². The lowest BCUT2D eigenvalue weighted by molar-refractivity contribution is 0.475. The van der Waals surface area contributed by atoms with E-state index in [1.54, 1.807) is 24.3 Å². The molecule has 232 valence electrons. The Labute approximate surface area is 263 Å². The van der Waals surface area contributed by atoms with Crippen LogP contribution in [0.15, 0.2) is 121 Å². The maximum Gasteiger partial charge on any atom is 0.295 e. The normalized spacial score (nSPS) is 13.5. The highest BCUT2D eigenvalue weighted by molar-refractivity contribution is 7.86. The molecule has 1 aliphatic rings. The van der Waals surface area contributed by atoms with Crippen molar-refractivity contribution in [2.45, 2.75) is 22.6 Å². The first-order valence-corrected chi connectivity index (χ1v) is 16.6. The third-order valence-electron chi connectivity index (χ3n) is 7.34. The van der Waals surface area contributed by atoms with E-state index in [2.05, 4.69) is 20.5 Å². The monoisotopic (exact) mass is 656 g/mol. The molecule has 0 saturated heterocycles. The molecule has 46 heavy (non-hydrogen) atoms. The molecule has 0 unspecified atom stereocenters. The zero-order valence-electron chi connectivity index (χ0n) is 23.7. The molecule has 0 radical (unpaired) electrons. The Kier molecular flexibility index (Phi) is 7.96. The lowest BCUT2D eigenvalue weighted by atomic mass is 9.95. The van der Waals surface area contributed by atoms with E-state index in [1.165, 1.54) is 36.4 Å². The van der Waals surface area contributed by atoms with E-state index in [1.807, 2.05) is 24.3 Å². The molecule has 0 aliphatic heterocycles. The molecule has 5 aromatic rings. The van der Waals surface area contributed by atoms with Gasteiger partial charge >= 0.3 is 0 Å². The van der Waals surface area contributed by atoms with Crippen molar-refractivity contribution in [3.63, 3.8) is 0 Å². The van der Waals surface area contributed by atoms with Crippen LogP contribution < -0.4 is 0 Å². The Morgan fingerprint density at radius 2 is 1.17 bits per heavy atom. The SMILES string of the molecule is O=S(=O)(O)c1cc(/N=N/c2c(O)ccc3c2CCC=C3)ccc1-c1ccc(/N=N/c2c(O)ccc3ccccc23)cc1S(=O)(=O)O. The van der Waals surface area contributed by atoms with Crippen molar-refractivity contribution in [1.82, 2.24) is 0 Å². The zero-order valence-corrected chi connectivity index (χ0v) is 25.3. The number of allylic oxidation sites excluding steroid dienone is 1. The van der Waals surface area contributed by atoms with Crippen molar-refractivity contribution < 1.29 is 36.2 Å². The highest BCUT2D eigenvalue weighted by Gasteiger charge is 2.24. The zero-order chi connectivity index (χ0) is 32.6. The number of benzene rings is 5. The summed E-state index contributed by atoms with van der Waals surface area (Å²) < 4.78 is 70.2.